The molecule has 5 nitrogen and oxygen atoms in total. The topological polar surface area (TPSA) is 66.6 Å². The second kappa shape index (κ2) is 6.02. The molecule has 1 aliphatic carbocycles. The summed E-state index contributed by atoms with van der Waals surface area (Å²) in [7, 11) is 0. The summed E-state index contributed by atoms with van der Waals surface area (Å²) < 4.78 is 0. The van der Waals surface area contributed by atoms with Crippen LogP contribution in [0.15, 0.2) is 0 Å². The lowest BCUT2D eigenvalue weighted by atomic mass is 9.94. The molecule has 114 valence electrons. The van der Waals surface area contributed by atoms with Crippen molar-refractivity contribution in [2.45, 2.75) is 58.5 Å². The lowest BCUT2D eigenvalue weighted by molar-refractivity contribution is -0.140. The maximum Gasteiger partial charge on any atom is 0.314 e. The summed E-state index contributed by atoms with van der Waals surface area (Å²) in [4.78, 5) is 27.8. The number of nitrogens with zero attached hydrogens (tertiary/aromatic N) is 2. The third-order valence-electron chi connectivity index (χ3n) is 4.68. The van der Waals surface area contributed by atoms with Crippen molar-refractivity contribution < 1.29 is 9.59 Å². The van der Waals surface area contributed by atoms with Crippen LogP contribution < -0.4 is 5.73 Å². The van der Waals surface area contributed by atoms with Gasteiger partial charge in [-0.2, -0.15) is 0 Å². The maximum atomic E-state index is 12.8. The summed E-state index contributed by atoms with van der Waals surface area (Å²) in [5, 5.41) is 0. The maximum absolute atomic E-state index is 12.8. The van der Waals surface area contributed by atoms with Crippen LogP contribution in [0.4, 0.5) is 4.79 Å². The summed E-state index contributed by atoms with van der Waals surface area (Å²) in [5.41, 5.74) is 5.35. The summed E-state index contributed by atoms with van der Waals surface area (Å²) in [6, 6.07) is 0.278. The minimum Gasteiger partial charge on any atom is -0.351 e. The van der Waals surface area contributed by atoms with E-state index >= 15 is 0 Å². The van der Waals surface area contributed by atoms with Crippen molar-refractivity contribution in [3.8, 4) is 0 Å². The highest BCUT2D eigenvalue weighted by Crippen LogP contribution is 2.33. The van der Waals surface area contributed by atoms with E-state index in [2.05, 4.69) is 25.7 Å². The highest BCUT2D eigenvalue weighted by molar-refractivity contribution is 5.81. The molecule has 2 fully saturated rings. The van der Waals surface area contributed by atoms with Gasteiger partial charge in [-0.3, -0.25) is 4.79 Å². The number of hydrogen-bond acceptors (Lipinski definition) is 2. The van der Waals surface area contributed by atoms with Crippen molar-refractivity contribution in [3.63, 3.8) is 0 Å². The summed E-state index contributed by atoms with van der Waals surface area (Å²) >= 11 is 0. The Kier molecular flexibility index (Phi) is 4.55. The molecule has 2 atom stereocenters. The van der Waals surface area contributed by atoms with Crippen LogP contribution in [0.25, 0.3) is 0 Å². The SMILES string of the molecule is CC(C)[C@H](C)N(C(=O)[C@H]1CCCN(C(N)=O)C1)C1CC1. The number of urea groups is 1. The Morgan fingerprint density at radius 2 is 1.85 bits per heavy atom. The molecule has 20 heavy (non-hydrogen) atoms. The van der Waals surface area contributed by atoms with Gasteiger partial charge in [0.15, 0.2) is 0 Å². The molecule has 0 unspecified atom stereocenters. The van der Waals surface area contributed by atoms with Gasteiger partial charge in [-0.1, -0.05) is 13.8 Å². The molecule has 1 saturated heterocycles. The molecule has 1 heterocycles. The van der Waals surface area contributed by atoms with Crippen molar-refractivity contribution in [1.82, 2.24) is 9.80 Å². The Balaban J connectivity index is 2.05. The van der Waals surface area contributed by atoms with Gasteiger partial charge < -0.3 is 15.5 Å². The normalized spacial score (nSPS) is 24.6. The van der Waals surface area contributed by atoms with Crippen LogP contribution >= 0.6 is 0 Å². The van der Waals surface area contributed by atoms with Gasteiger partial charge in [0.25, 0.3) is 0 Å². The molecule has 0 radical (unpaired) electrons. The molecule has 2 aliphatic rings. The van der Waals surface area contributed by atoms with Crippen LogP contribution in [0, 0.1) is 11.8 Å². The van der Waals surface area contributed by atoms with Gasteiger partial charge in [0, 0.05) is 25.2 Å². The largest absolute Gasteiger partial charge is 0.351 e. The van der Waals surface area contributed by atoms with Gasteiger partial charge >= 0.3 is 6.03 Å². The monoisotopic (exact) mass is 281 g/mol. The number of likely N-dealkylation sites (tertiary alicyclic amines) is 1. The standard InChI is InChI=1S/C15H27N3O2/c1-10(2)11(3)18(13-6-7-13)14(19)12-5-4-8-17(9-12)15(16)20/h10-13H,4-9H2,1-3H3,(H2,16,20)/t11-,12-/m0/s1. The first-order chi connectivity index (χ1) is 9.41. The first-order valence-corrected chi connectivity index (χ1v) is 7.78. The average Bonchev–Trinajstić information content (AvgIpc) is 3.23. The van der Waals surface area contributed by atoms with Crippen LogP contribution in [0.2, 0.25) is 0 Å². The fourth-order valence-electron chi connectivity index (χ4n) is 2.98. The molecule has 0 spiro atoms. The highest BCUT2D eigenvalue weighted by Gasteiger charge is 2.40. The van der Waals surface area contributed by atoms with Gasteiger partial charge in [-0.15, -0.1) is 0 Å². The number of amides is 3. The Morgan fingerprint density at radius 1 is 1.20 bits per heavy atom. The second-order valence-electron chi connectivity index (χ2n) is 6.58. The minimum atomic E-state index is -0.405. The summed E-state index contributed by atoms with van der Waals surface area (Å²) in [5.74, 6) is 0.605. The van der Waals surface area contributed by atoms with Crippen molar-refractivity contribution >= 4 is 11.9 Å². The van der Waals surface area contributed by atoms with Crippen LogP contribution in [0.5, 0.6) is 0 Å². The number of primary amides is 1. The number of rotatable bonds is 4. The minimum absolute atomic E-state index is 0.0713. The lowest BCUT2D eigenvalue weighted by Gasteiger charge is -2.38. The zero-order valence-electron chi connectivity index (χ0n) is 12.8. The highest BCUT2D eigenvalue weighted by atomic mass is 16.2. The lowest BCUT2D eigenvalue weighted by Crippen LogP contribution is -2.51. The van der Waals surface area contributed by atoms with Crippen LogP contribution in [0.3, 0.4) is 0 Å². The van der Waals surface area contributed by atoms with E-state index in [1.807, 2.05) is 0 Å². The van der Waals surface area contributed by atoms with Gasteiger partial charge in [-0.25, -0.2) is 4.79 Å². The van der Waals surface area contributed by atoms with E-state index in [0.29, 0.717) is 25.0 Å². The molecule has 0 aromatic carbocycles. The van der Waals surface area contributed by atoms with E-state index < -0.39 is 6.03 Å². The predicted molar refractivity (Wildman–Crippen MR) is 78.0 cm³/mol. The van der Waals surface area contributed by atoms with Crippen molar-refractivity contribution in [1.29, 1.82) is 0 Å². The first-order valence-electron chi connectivity index (χ1n) is 7.78. The number of hydrogen-bond donors (Lipinski definition) is 1. The first kappa shape index (κ1) is 15.1. The molecule has 0 aromatic rings. The van der Waals surface area contributed by atoms with Gasteiger partial charge in [0.05, 0.1) is 5.92 Å². The number of carbonyl (C=O) groups excluding carboxylic acids is 2. The molecular weight excluding hydrogens is 254 g/mol. The third-order valence-corrected chi connectivity index (χ3v) is 4.68. The molecule has 2 N–H and O–H groups in total. The molecule has 0 bridgehead atoms. The van der Waals surface area contributed by atoms with Crippen LogP contribution in [0.1, 0.15) is 46.5 Å². The van der Waals surface area contributed by atoms with Crippen molar-refractivity contribution in [3.05, 3.63) is 0 Å². The Morgan fingerprint density at radius 3 is 2.35 bits per heavy atom. The van der Waals surface area contributed by atoms with Gasteiger partial charge in [0.2, 0.25) is 5.91 Å². The van der Waals surface area contributed by atoms with E-state index in [-0.39, 0.29) is 17.9 Å². The van der Waals surface area contributed by atoms with E-state index in [0.717, 1.165) is 25.7 Å². The molecule has 5 heteroatoms. The van der Waals surface area contributed by atoms with E-state index in [9.17, 15) is 9.59 Å². The number of nitrogens with two attached hydrogens (primary N) is 1. The average molecular weight is 281 g/mol. The third kappa shape index (κ3) is 3.25. The number of piperidine rings is 1. The van der Waals surface area contributed by atoms with E-state index in [1.54, 1.807) is 4.90 Å². The predicted octanol–water partition coefficient (Wildman–Crippen LogP) is 1.81. The molecular formula is C15H27N3O2. The zero-order chi connectivity index (χ0) is 14.9. The smallest absolute Gasteiger partial charge is 0.314 e. The Bertz CT molecular complexity index is 379. The van der Waals surface area contributed by atoms with Crippen LogP contribution in [-0.4, -0.2) is 46.9 Å². The molecule has 3 amide bonds. The molecule has 1 saturated carbocycles. The number of carbonyl (C=O) groups is 2. The Hall–Kier alpha value is -1.26. The van der Waals surface area contributed by atoms with Crippen molar-refractivity contribution in [2.75, 3.05) is 13.1 Å². The zero-order valence-corrected chi connectivity index (χ0v) is 12.8. The molecule has 0 aromatic heterocycles. The van der Waals surface area contributed by atoms with Gasteiger partial charge in [-0.05, 0) is 38.5 Å². The van der Waals surface area contributed by atoms with Gasteiger partial charge in [0.1, 0.15) is 0 Å². The fraction of sp³-hybridized carbons (Fsp3) is 0.867. The second-order valence-corrected chi connectivity index (χ2v) is 6.58. The van der Waals surface area contributed by atoms with E-state index in [1.165, 1.54) is 0 Å². The fourth-order valence-corrected chi connectivity index (χ4v) is 2.98. The molecule has 1 aliphatic heterocycles. The van der Waals surface area contributed by atoms with E-state index in [4.69, 9.17) is 5.73 Å². The Labute approximate surface area is 121 Å². The summed E-state index contributed by atoms with van der Waals surface area (Å²) in [6.07, 6.45) is 3.98. The molecule has 2 rings (SSSR count). The van der Waals surface area contributed by atoms with Crippen molar-refractivity contribution in [2.24, 2.45) is 17.6 Å². The van der Waals surface area contributed by atoms with Crippen LogP contribution in [-0.2, 0) is 4.79 Å². The summed E-state index contributed by atoms with van der Waals surface area (Å²) in [6.45, 7) is 7.62. The quantitative estimate of drug-likeness (QED) is 0.854.